The first-order valence-electron chi connectivity index (χ1n) is 6.09. The Kier molecular flexibility index (Phi) is 4.59. The molecule has 0 aromatic carbocycles. The molecule has 1 amide bonds. The summed E-state index contributed by atoms with van der Waals surface area (Å²) in [6.45, 7) is 6.28. The second-order valence-corrected chi connectivity index (χ2v) is 5.68. The predicted molar refractivity (Wildman–Crippen MR) is 64.2 cm³/mol. The fourth-order valence-corrected chi connectivity index (χ4v) is 2.06. The number of nitrogens with two attached hydrogens (primary N) is 1. The van der Waals surface area contributed by atoms with Crippen molar-refractivity contribution in [1.82, 2.24) is 5.32 Å². The summed E-state index contributed by atoms with van der Waals surface area (Å²) in [6.07, 6.45) is 4.12. The van der Waals surface area contributed by atoms with Gasteiger partial charge in [0.25, 0.3) is 0 Å². The lowest BCUT2D eigenvalue weighted by molar-refractivity contribution is 0.0514. The van der Waals surface area contributed by atoms with E-state index in [2.05, 4.69) is 5.32 Å². The maximum Gasteiger partial charge on any atom is 0.407 e. The number of ether oxygens (including phenoxy) is 1. The van der Waals surface area contributed by atoms with Gasteiger partial charge in [0.15, 0.2) is 0 Å². The van der Waals surface area contributed by atoms with Crippen LogP contribution >= 0.6 is 0 Å². The molecular formula is C12H24N2O2. The number of hydrogen-bond acceptors (Lipinski definition) is 3. The number of alkyl carbamates (subject to hydrolysis) is 1. The lowest BCUT2D eigenvalue weighted by atomic mass is 9.86. The van der Waals surface area contributed by atoms with E-state index in [0.717, 1.165) is 19.3 Å². The third-order valence-electron chi connectivity index (χ3n) is 2.76. The van der Waals surface area contributed by atoms with Crippen LogP contribution in [0.2, 0.25) is 0 Å². The molecule has 3 N–H and O–H groups in total. The Morgan fingerprint density at radius 1 is 1.44 bits per heavy atom. The zero-order valence-corrected chi connectivity index (χ0v) is 10.6. The molecule has 0 aromatic heterocycles. The van der Waals surface area contributed by atoms with Crippen LogP contribution in [0.1, 0.15) is 46.5 Å². The Morgan fingerprint density at radius 2 is 2.12 bits per heavy atom. The van der Waals surface area contributed by atoms with Crippen molar-refractivity contribution in [2.75, 3.05) is 6.54 Å². The summed E-state index contributed by atoms with van der Waals surface area (Å²) >= 11 is 0. The third kappa shape index (κ3) is 5.35. The van der Waals surface area contributed by atoms with Gasteiger partial charge < -0.3 is 15.8 Å². The van der Waals surface area contributed by atoms with E-state index in [4.69, 9.17) is 10.5 Å². The van der Waals surface area contributed by atoms with Gasteiger partial charge in [0.05, 0.1) is 0 Å². The van der Waals surface area contributed by atoms with Gasteiger partial charge in [0.1, 0.15) is 5.60 Å². The molecule has 0 radical (unpaired) electrons. The fraction of sp³-hybridized carbons (Fsp3) is 0.917. The molecule has 1 aliphatic carbocycles. The van der Waals surface area contributed by atoms with Crippen molar-refractivity contribution >= 4 is 6.09 Å². The molecule has 0 spiro atoms. The summed E-state index contributed by atoms with van der Waals surface area (Å²) in [5, 5.41) is 2.81. The maximum absolute atomic E-state index is 11.4. The normalized spacial score (nSPS) is 26.2. The first-order valence-corrected chi connectivity index (χ1v) is 6.09. The van der Waals surface area contributed by atoms with Crippen molar-refractivity contribution < 1.29 is 9.53 Å². The molecule has 94 valence electrons. The maximum atomic E-state index is 11.4. The van der Waals surface area contributed by atoms with Gasteiger partial charge in [-0.2, -0.15) is 0 Å². The van der Waals surface area contributed by atoms with Crippen LogP contribution in [-0.2, 0) is 4.74 Å². The summed E-state index contributed by atoms with van der Waals surface area (Å²) < 4.78 is 5.17. The van der Waals surface area contributed by atoms with Gasteiger partial charge >= 0.3 is 6.09 Å². The van der Waals surface area contributed by atoms with Gasteiger partial charge in [-0.05, 0) is 46.0 Å². The van der Waals surface area contributed by atoms with Crippen molar-refractivity contribution in [1.29, 1.82) is 0 Å². The first-order chi connectivity index (χ1) is 7.37. The topological polar surface area (TPSA) is 64.3 Å². The van der Waals surface area contributed by atoms with Gasteiger partial charge in [-0.3, -0.25) is 0 Å². The van der Waals surface area contributed by atoms with E-state index in [9.17, 15) is 4.79 Å². The standard InChI is InChI=1S/C12H24N2O2/c1-12(2,3)16-11(15)14-8-9-5-4-6-10(13)7-9/h9-10H,4-8,13H2,1-3H3,(H,14,15). The Labute approximate surface area is 97.9 Å². The van der Waals surface area contributed by atoms with Crippen molar-refractivity contribution in [3.05, 3.63) is 0 Å². The van der Waals surface area contributed by atoms with Gasteiger partial charge in [-0.15, -0.1) is 0 Å². The second kappa shape index (κ2) is 5.53. The SMILES string of the molecule is CC(C)(C)OC(=O)NCC1CCCC(N)C1. The van der Waals surface area contributed by atoms with Crippen LogP contribution in [-0.4, -0.2) is 24.3 Å². The number of carbonyl (C=O) groups is 1. The Morgan fingerprint density at radius 3 is 2.69 bits per heavy atom. The van der Waals surface area contributed by atoms with E-state index in [-0.39, 0.29) is 6.09 Å². The molecule has 0 heterocycles. The highest BCUT2D eigenvalue weighted by molar-refractivity contribution is 5.67. The predicted octanol–water partition coefficient (Wildman–Crippen LogP) is 2.03. The number of nitrogens with one attached hydrogen (secondary N) is 1. The van der Waals surface area contributed by atoms with Gasteiger partial charge in [-0.25, -0.2) is 4.79 Å². The van der Waals surface area contributed by atoms with Gasteiger partial charge in [-0.1, -0.05) is 6.42 Å². The van der Waals surface area contributed by atoms with Gasteiger partial charge in [0.2, 0.25) is 0 Å². The molecule has 1 rings (SSSR count). The Hall–Kier alpha value is -0.770. The average Bonchev–Trinajstić information content (AvgIpc) is 2.12. The van der Waals surface area contributed by atoms with Crippen LogP contribution in [0.25, 0.3) is 0 Å². The molecule has 4 heteroatoms. The van der Waals surface area contributed by atoms with Crippen LogP contribution in [0.15, 0.2) is 0 Å². The number of rotatable bonds is 2. The second-order valence-electron chi connectivity index (χ2n) is 5.68. The average molecular weight is 228 g/mol. The minimum atomic E-state index is -0.424. The van der Waals surface area contributed by atoms with E-state index in [1.54, 1.807) is 0 Å². The largest absolute Gasteiger partial charge is 0.444 e. The lowest BCUT2D eigenvalue weighted by Gasteiger charge is -2.27. The monoisotopic (exact) mass is 228 g/mol. The molecule has 16 heavy (non-hydrogen) atoms. The highest BCUT2D eigenvalue weighted by atomic mass is 16.6. The molecule has 0 bridgehead atoms. The van der Waals surface area contributed by atoms with Crippen LogP contribution in [0.5, 0.6) is 0 Å². The molecule has 0 aliphatic heterocycles. The Bertz CT molecular complexity index is 236. The smallest absolute Gasteiger partial charge is 0.407 e. The third-order valence-corrected chi connectivity index (χ3v) is 2.76. The van der Waals surface area contributed by atoms with E-state index >= 15 is 0 Å². The molecule has 4 nitrogen and oxygen atoms in total. The van der Waals surface area contributed by atoms with Crippen molar-refractivity contribution in [3.63, 3.8) is 0 Å². The zero-order chi connectivity index (χ0) is 12.2. The summed E-state index contributed by atoms with van der Waals surface area (Å²) in [7, 11) is 0. The van der Waals surface area contributed by atoms with Gasteiger partial charge in [0, 0.05) is 12.6 Å². The summed E-state index contributed by atoms with van der Waals surface area (Å²) in [6, 6.07) is 0.305. The molecule has 1 saturated carbocycles. The number of hydrogen-bond donors (Lipinski definition) is 2. The first kappa shape index (κ1) is 13.3. The Balaban J connectivity index is 2.21. The molecule has 0 aromatic rings. The fourth-order valence-electron chi connectivity index (χ4n) is 2.06. The van der Waals surface area contributed by atoms with Crippen molar-refractivity contribution in [2.24, 2.45) is 11.7 Å². The highest BCUT2D eigenvalue weighted by Gasteiger charge is 2.21. The van der Waals surface area contributed by atoms with E-state index < -0.39 is 5.60 Å². The highest BCUT2D eigenvalue weighted by Crippen LogP contribution is 2.22. The molecule has 0 saturated heterocycles. The minimum Gasteiger partial charge on any atom is -0.444 e. The molecular weight excluding hydrogens is 204 g/mol. The lowest BCUT2D eigenvalue weighted by Crippen LogP contribution is -2.38. The van der Waals surface area contributed by atoms with Crippen LogP contribution in [0, 0.1) is 5.92 Å². The molecule has 2 unspecified atom stereocenters. The molecule has 1 fully saturated rings. The van der Waals surface area contributed by atoms with Crippen LogP contribution in [0.3, 0.4) is 0 Å². The number of carbonyl (C=O) groups excluding carboxylic acids is 1. The summed E-state index contributed by atoms with van der Waals surface area (Å²) in [4.78, 5) is 11.4. The van der Waals surface area contributed by atoms with E-state index in [1.807, 2.05) is 20.8 Å². The summed E-state index contributed by atoms with van der Waals surface area (Å²) in [5.41, 5.74) is 5.47. The van der Waals surface area contributed by atoms with Crippen molar-refractivity contribution in [3.8, 4) is 0 Å². The van der Waals surface area contributed by atoms with Crippen LogP contribution < -0.4 is 11.1 Å². The zero-order valence-electron chi connectivity index (χ0n) is 10.6. The quantitative estimate of drug-likeness (QED) is 0.760. The van der Waals surface area contributed by atoms with Crippen molar-refractivity contribution in [2.45, 2.75) is 58.1 Å². The minimum absolute atomic E-state index is 0.305. The molecule has 1 aliphatic rings. The van der Waals surface area contributed by atoms with E-state index in [0.29, 0.717) is 18.5 Å². The summed E-state index contributed by atoms with van der Waals surface area (Å²) in [5.74, 6) is 0.510. The van der Waals surface area contributed by atoms with Crippen LogP contribution in [0.4, 0.5) is 4.79 Å². The number of amides is 1. The van der Waals surface area contributed by atoms with E-state index in [1.165, 1.54) is 6.42 Å². The molecule has 2 atom stereocenters.